The molecular weight excluding hydrogens is 364 g/mol. The van der Waals surface area contributed by atoms with Crippen LogP contribution in [0.2, 0.25) is 0 Å². The van der Waals surface area contributed by atoms with E-state index in [1.54, 1.807) is 18.2 Å². The Morgan fingerprint density at radius 1 is 0.964 bits per heavy atom. The van der Waals surface area contributed by atoms with Gasteiger partial charge in [0.15, 0.2) is 0 Å². The zero-order valence-corrected chi connectivity index (χ0v) is 15.1. The number of aliphatic hydroxyl groups is 1. The Labute approximate surface area is 161 Å². The van der Waals surface area contributed by atoms with Gasteiger partial charge in [0.25, 0.3) is 0 Å². The van der Waals surface area contributed by atoms with E-state index in [9.17, 15) is 29.7 Å². The van der Waals surface area contributed by atoms with Gasteiger partial charge in [0.05, 0.1) is 17.7 Å². The minimum Gasteiger partial charge on any atom is -0.478 e. The second-order valence-corrected chi connectivity index (χ2v) is 5.88. The highest BCUT2D eigenvalue weighted by Gasteiger charge is 2.24. The molecule has 0 saturated heterocycles. The number of ether oxygens (including phenoxy) is 1. The normalized spacial score (nSPS) is 10.3. The molecule has 0 aliphatic heterocycles. The topological polar surface area (TPSA) is 121 Å². The van der Waals surface area contributed by atoms with Crippen LogP contribution in [0.5, 0.6) is 0 Å². The number of rotatable bonds is 9. The third-order valence-electron chi connectivity index (χ3n) is 4.21. The summed E-state index contributed by atoms with van der Waals surface area (Å²) in [7, 11) is 0. The summed E-state index contributed by atoms with van der Waals surface area (Å²) in [5.74, 6) is -3.27. The van der Waals surface area contributed by atoms with Gasteiger partial charge in [-0.05, 0) is 34.7 Å². The summed E-state index contributed by atoms with van der Waals surface area (Å²) in [4.78, 5) is 34.4. The van der Waals surface area contributed by atoms with Gasteiger partial charge in [0, 0.05) is 19.1 Å². The predicted octanol–water partition coefficient (Wildman–Crippen LogP) is 2.56. The van der Waals surface area contributed by atoms with Crippen LogP contribution in [-0.2, 0) is 22.4 Å². The molecule has 0 aliphatic carbocycles. The quantitative estimate of drug-likeness (QED) is 0.449. The van der Waals surface area contributed by atoms with Crippen molar-refractivity contribution in [3.8, 4) is 11.1 Å². The summed E-state index contributed by atoms with van der Waals surface area (Å²) in [6, 6.07) is 9.93. The first kappa shape index (κ1) is 20.9. The first-order valence-electron chi connectivity index (χ1n) is 8.51. The minimum atomic E-state index is -1.37. The number of hydrogen-bond acceptors (Lipinski definition) is 5. The highest BCUT2D eigenvalue weighted by atomic mass is 16.5. The van der Waals surface area contributed by atoms with Gasteiger partial charge in [-0.1, -0.05) is 36.9 Å². The van der Waals surface area contributed by atoms with Crippen LogP contribution < -0.4 is 0 Å². The number of hydrogen-bond donors (Lipinski definition) is 3. The third-order valence-corrected chi connectivity index (χ3v) is 4.21. The molecule has 0 unspecified atom stereocenters. The van der Waals surface area contributed by atoms with Crippen LogP contribution in [0, 0.1) is 0 Å². The zero-order chi connectivity index (χ0) is 20.7. The van der Waals surface area contributed by atoms with Crippen molar-refractivity contribution in [2.24, 2.45) is 0 Å². The number of carbonyl (C=O) groups is 3. The van der Waals surface area contributed by atoms with Crippen LogP contribution in [0.15, 0.2) is 49.1 Å². The Bertz CT molecular complexity index is 915. The van der Waals surface area contributed by atoms with E-state index in [4.69, 9.17) is 4.74 Å². The van der Waals surface area contributed by atoms with Crippen LogP contribution in [0.3, 0.4) is 0 Å². The van der Waals surface area contributed by atoms with Crippen molar-refractivity contribution >= 4 is 17.9 Å². The summed E-state index contributed by atoms with van der Waals surface area (Å²) < 4.78 is 5.01. The van der Waals surface area contributed by atoms with Gasteiger partial charge < -0.3 is 20.1 Å². The van der Waals surface area contributed by atoms with Crippen molar-refractivity contribution in [1.82, 2.24) is 0 Å². The first-order valence-corrected chi connectivity index (χ1v) is 8.51. The lowest BCUT2D eigenvalue weighted by Crippen LogP contribution is -2.14. The molecule has 146 valence electrons. The van der Waals surface area contributed by atoms with Crippen molar-refractivity contribution in [2.45, 2.75) is 12.8 Å². The van der Waals surface area contributed by atoms with E-state index in [-0.39, 0.29) is 36.3 Å². The Balaban J connectivity index is 2.57. The SMILES string of the molecule is C=CC(=O)OCCc1ccccc1-c1ccc(C(=O)O)c(C(=O)O)c1CCO. The number of carboxylic acid groups (broad SMARTS) is 2. The third kappa shape index (κ3) is 4.63. The molecular formula is C21H20O7. The molecule has 0 atom stereocenters. The molecule has 0 spiro atoms. The summed E-state index contributed by atoms with van der Waals surface area (Å²) in [6.07, 6.45) is 1.42. The van der Waals surface area contributed by atoms with Crippen molar-refractivity contribution in [2.75, 3.05) is 13.2 Å². The lowest BCUT2D eigenvalue weighted by atomic mass is 9.87. The second kappa shape index (κ2) is 9.48. The van der Waals surface area contributed by atoms with E-state index < -0.39 is 17.9 Å². The molecule has 7 heteroatoms. The van der Waals surface area contributed by atoms with E-state index in [0.29, 0.717) is 17.5 Å². The Morgan fingerprint density at radius 3 is 2.29 bits per heavy atom. The molecule has 0 bridgehead atoms. The van der Waals surface area contributed by atoms with Gasteiger partial charge in [-0.25, -0.2) is 14.4 Å². The molecule has 0 saturated carbocycles. The lowest BCUT2D eigenvalue weighted by Gasteiger charge is -2.17. The largest absolute Gasteiger partial charge is 0.478 e. The lowest BCUT2D eigenvalue weighted by molar-refractivity contribution is -0.137. The van der Waals surface area contributed by atoms with Gasteiger partial charge in [-0.3, -0.25) is 0 Å². The summed E-state index contributed by atoms with van der Waals surface area (Å²) in [5.41, 5.74) is 1.55. The van der Waals surface area contributed by atoms with Gasteiger partial charge in [0.2, 0.25) is 0 Å². The number of aromatic carboxylic acids is 2. The van der Waals surface area contributed by atoms with Crippen LogP contribution in [0.25, 0.3) is 11.1 Å². The second-order valence-electron chi connectivity index (χ2n) is 5.88. The Morgan fingerprint density at radius 2 is 1.68 bits per heavy atom. The summed E-state index contributed by atoms with van der Waals surface area (Å²) in [6.45, 7) is 3.10. The van der Waals surface area contributed by atoms with E-state index in [1.807, 2.05) is 6.07 Å². The maximum Gasteiger partial charge on any atom is 0.336 e. The zero-order valence-electron chi connectivity index (χ0n) is 15.1. The maximum absolute atomic E-state index is 11.8. The molecule has 2 rings (SSSR count). The van der Waals surface area contributed by atoms with E-state index in [0.717, 1.165) is 11.6 Å². The smallest absolute Gasteiger partial charge is 0.336 e. The highest BCUT2D eigenvalue weighted by Crippen LogP contribution is 2.32. The monoisotopic (exact) mass is 384 g/mol. The first-order chi connectivity index (χ1) is 13.4. The molecule has 0 aromatic heterocycles. The van der Waals surface area contributed by atoms with Gasteiger partial charge in [-0.2, -0.15) is 0 Å². The molecule has 7 nitrogen and oxygen atoms in total. The molecule has 2 aromatic rings. The van der Waals surface area contributed by atoms with E-state index in [2.05, 4.69) is 6.58 Å². The van der Waals surface area contributed by atoms with Crippen molar-refractivity contribution in [3.63, 3.8) is 0 Å². The van der Waals surface area contributed by atoms with E-state index in [1.165, 1.54) is 12.1 Å². The van der Waals surface area contributed by atoms with Crippen LogP contribution in [-0.4, -0.2) is 46.4 Å². The van der Waals surface area contributed by atoms with Gasteiger partial charge >= 0.3 is 17.9 Å². The van der Waals surface area contributed by atoms with Crippen molar-refractivity contribution in [3.05, 3.63) is 71.3 Å². The predicted molar refractivity (Wildman–Crippen MR) is 101 cm³/mol. The van der Waals surface area contributed by atoms with Gasteiger partial charge in [-0.15, -0.1) is 0 Å². The molecule has 0 fully saturated rings. The van der Waals surface area contributed by atoms with Crippen LogP contribution in [0.4, 0.5) is 0 Å². The number of esters is 1. The number of aliphatic hydroxyl groups excluding tert-OH is 1. The molecule has 28 heavy (non-hydrogen) atoms. The number of carboxylic acids is 2. The molecule has 2 aromatic carbocycles. The standard InChI is InChI=1S/C21H20O7/c1-2-18(23)28-12-10-13-5-3-4-6-14(13)15-7-8-17(20(24)25)19(21(26)27)16(15)9-11-22/h2-8,22H,1,9-12H2,(H,24,25)(H,26,27). The fraction of sp³-hybridized carbons (Fsp3) is 0.190. The molecule has 0 amide bonds. The Hall–Kier alpha value is -3.45. The van der Waals surface area contributed by atoms with Crippen molar-refractivity contribution < 1.29 is 34.4 Å². The molecule has 0 radical (unpaired) electrons. The molecule has 3 N–H and O–H groups in total. The average Bonchev–Trinajstić information content (AvgIpc) is 2.67. The summed E-state index contributed by atoms with van der Waals surface area (Å²) >= 11 is 0. The average molecular weight is 384 g/mol. The van der Waals surface area contributed by atoms with Crippen molar-refractivity contribution in [1.29, 1.82) is 0 Å². The highest BCUT2D eigenvalue weighted by molar-refractivity contribution is 6.04. The molecule has 0 heterocycles. The minimum absolute atomic E-state index is 0.0160. The van der Waals surface area contributed by atoms with E-state index >= 15 is 0 Å². The fourth-order valence-corrected chi connectivity index (χ4v) is 3.02. The van der Waals surface area contributed by atoms with Gasteiger partial charge in [0.1, 0.15) is 0 Å². The number of benzene rings is 2. The fourth-order valence-electron chi connectivity index (χ4n) is 3.02. The molecule has 0 aliphatic rings. The maximum atomic E-state index is 11.8. The van der Waals surface area contributed by atoms with Crippen LogP contribution >= 0.6 is 0 Å². The Kier molecular flexibility index (Phi) is 7.06. The number of carbonyl (C=O) groups excluding carboxylic acids is 1. The van der Waals surface area contributed by atoms with Crippen LogP contribution in [0.1, 0.15) is 31.8 Å². The summed E-state index contributed by atoms with van der Waals surface area (Å²) in [5, 5.41) is 28.3.